The molecular weight excluding hydrogens is 226 g/mol. The molecule has 1 rings (SSSR count). The normalized spacial score (nSPS) is 13.9. The number of benzene rings is 1. The number of alkyl halides is 2. The van der Waals surface area contributed by atoms with Gasteiger partial charge in [0.25, 0.3) is 5.92 Å². The summed E-state index contributed by atoms with van der Waals surface area (Å²) in [5, 5.41) is 11.5. The minimum Gasteiger partial charge on any atom is -0.382 e. The average molecular weight is 237 g/mol. The molecule has 2 N–H and O–H groups in total. The molecule has 90 valence electrons. The quantitative estimate of drug-likeness (QED) is 0.783. The third kappa shape index (κ3) is 2.51. The van der Waals surface area contributed by atoms with Gasteiger partial charge in [0, 0.05) is 5.56 Å². The Morgan fingerprint density at radius 2 is 2.00 bits per heavy atom. The summed E-state index contributed by atoms with van der Waals surface area (Å²) < 4.78 is 52.3. The molecule has 0 radical (unpaired) electrons. The lowest BCUT2D eigenvalue weighted by atomic mass is 10.0. The Morgan fingerprint density at radius 3 is 2.56 bits per heavy atom. The first-order valence-electron chi connectivity index (χ1n) is 4.54. The largest absolute Gasteiger partial charge is 0.382 e. The molecule has 0 saturated carbocycles. The van der Waals surface area contributed by atoms with E-state index in [0.29, 0.717) is 0 Å². The Morgan fingerprint density at radius 1 is 1.38 bits per heavy atom. The van der Waals surface area contributed by atoms with Crippen LogP contribution in [0.4, 0.5) is 17.6 Å². The van der Waals surface area contributed by atoms with Gasteiger partial charge in [-0.1, -0.05) is 12.1 Å². The molecule has 0 aromatic heterocycles. The highest BCUT2D eigenvalue weighted by Gasteiger charge is 2.40. The molecule has 1 aromatic carbocycles. The van der Waals surface area contributed by atoms with Crippen molar-refractivity contribution in [3.05, 3.63) is 35.4 Å². The van der Waals surface area contributed by atoms with E-state index in [0.717, 1.165) is 18.2 Å². The standard InChI is InChI=1S/C10H11F4NO/c1-15-5-10(13,14)9(16)6-3-2-4-7(11)8(6)12/h2-4,9,15-16H,5H2,1H3. The lowest BCUT2D eigenvalue weighted by Crippen LogP contribution is -2.37. The Kier molecular flexibility index (Phi) is 3.88. The van der Waals surface area contributed by atoms with Gasteiger partial charge in [0.1, 0.15) is 6.10 Å². The molecule has 16 heavy (non-hydrogen) atoms. The predicted molar refractivity (Wildman–Crippen MR) is 50.2 cm³/mol. The fraction of sp³-hybridized carbons (Fsp3) is 0.400. The molecule has 0 saturated heterocycles. The summed E-state index contributed by atoms with van der Waals surface area (Å²) >= 11 is 0. The molecule has 0 aliphatic carbocycles. The smallest absolute Gasteiger partial charge is 0.289 e. The summed E-state index contributed by atoms with van der Waals surface area (Å²) in [5.41, 5.74) is -0.750. The van der Waals surface area contributed by atoms with Gasteiger partial charge in [-0.25, -0.2) is 17.6 Å². The first-order chi connectivity index (χ1) is 7.40. The number of hydrogen-bond donors (Lipinski definition) is 2. The van der Waals surface area contributed by atoms with Crippen LogP contribution in [0.25, 0.3) is 0 Å². The number of aliphatic hydroxyl groups is 1. The van der Waals surface area contributed by atoms with Crippen LogP contribution in [0.15, 0.2) is 18.2 Å². The lowest BCUT2D eigenvalue weighted by molar-refractivity contribution is -0.108. The van der Waals surface area contributed by atoms with Crippen LogP contribution in [-0.4, -0.2) is 24.6 Å². The molecule has 1 aromatic rings. The van der Waals surface area contributed by atoms with Gasteiger partial charge in [-0.2, -0.15) is 0 Å². The average Bonchev–Trinajstić information content (AvgIpc) is 2.21. The third-order valence-corrected chi connectivity index (χ3v) is 2.09. The number of halogens is 4. The highest BCUT2D eigenvalue weighted by Crippen LogP contribution is 2.32. The molecule has 1 unspecified atom stereocenters. The molecular formula is C10H11F4NO. The van der Waals surface area contributed by atoms with Crippen molar-refractivity contribution in [1.82, 2.24) is 5.32 Å². The zero-order valence-corrected chi connectivity index (χ0v) is 8.48. The second-order valence-electron chi connectivity index (χ2n) is 3.34. The summed E-state index contributed by atoms with van der Waals surface area (Å²) in [4.78, 5) is 0. The van der Waals surface area contributed by atoms with Crippen molar-refractivity contribution in [2.45, 2.75) is 12.0 Å². The van der Waals surface area contributed by atoms with Crippen LogP contribution in [0.5, 0.6) is 0 Å². The topological polar surface area (TPSA) is 32.3 Å². The Balaban J connectivity index is 3.04. The Bertz CT molecular complexity index is 370. The highest BCUT2D eigenvalue weighted by molar-refractivity contribution is 5.23. The van der Waals surface area contributed by atoms with E-state index in [-0.39, 0.29) is 0 Å². The summed E-state index contributed by atoms with van der Waals surface area (Å²) in [5.74, 6) is -6.29. The first kappa shape index (κ1) is 12.9. The van der Waals surface area contributed by atoms with Gasteiger partial charge in [0.2, 0.25) is 0 Å². The van der Waals surface area contributed by atoms with E-state index < -0.39 is 35.8 Å². The highest BCUT2D eigenvalue weighted by atomic mass is 19.3. The van der Waals surface area contributed by atoms with E-state index in [1.165, 1.54) is 7.05 Å². The zero-order chi connectivity index (χ0) is 12.3. The molecule has 0 aliphatic heterocycles. The third-order valence-electron chi connectivity index (χ3n) is 2.09. The fourth-order valence-electron chi connectivity index (χ4n) is 1.29. The predicted octanol–water partition coefficient (Wildman–Crippen LogP) is 1.85. The van der Waals surface area contributed by atoms with Gasteiger partial charge in [-0.3, -0.25) is 0 Å². The van der Waals surface area contributed by atoms with Crippen LogP contribution in [0, 0.1) is 11.6 Å². The lowest BCUT2D eigenvalue weighted by Gasteiger charge is -2.22. The molecule has 0 heterocycles. The van der Waals surface area contributed by atoms with Crippen molar-refractivity contribution < 1.29 is 22.7 Å². The minimum absolute atomic E-state index is 0.750. The number of aliphatic hydroxyl groups excluding tert-OH is 1. The summed E-state index contributed by atoms with van der Waals surface area (Å²) in [6.07, 6.45) is -2.38. The zero-order valence-electron chi connectivity index (χ0n) is 8.48. The molecule has 6 heteroatoms. The molecule has 2 nitrogen and oxygen atoms in total. The number of nitrogens with one attached hydrogen (secondary N) is 1. The van der Waals surface area contributed by atoms with Gasteiger partial charge in [-0.15, -0.1) is 0 Å². The van der Waals surface area contributed by atoms with Gasteiger partial charge >= 0.3 is 0 Å². The van der Waals surface area contributed by atoms with Gasteiger partial charge in [0.15, 0.2) is 11.6 Å². The molecule has 0 spiro atoms. The molecule has 0 fully saturated rings. The van der Waals surface area contributed by atoms with Gasteiger partial charge in [0.05, 0.1) is 6.54 Å². The van der Waals surface area contributed by atoms with E-state index in [4.69, 9.17) is 0 Å². The van der Waals surface area contributed by atoms with Crippen molar-refractivity contribution in [3.8, 4) is 0 Å². The van der Waals surface area contributed by atoms with Crippen LogP contribution in [0.3, 0.4) is 0 Å². The van der Waals surface area contributed by atoms with E-state index >= 15 is 0 Å². The van der Waals surface area contributed by atoms with Crippen molar-refractivity contribution in [2.75, 3.05) is 13.6 Å². The van der Waals surface area contributed by atoms with Crippen LogP contribution < -0.4 is 5.32 Å². The van der Waals surface area contributed by atoms with E-state index in [2.05, 4.69) is 5.32 Å². The molecule has 1 atom stereocenters. The van der Waals surface area contributed by atoms with Crippen molar-refractivity contribution in [2.24, 2.45) is 0 Å². The van der Waals surface area contributed by atoms with Gasteiger partial charge < -0.3 is 10.4 Å². The summed E-state index contributed by atoms with van der Waals surface area (Å²) in [7, 11) is 1.27. The number of rotatable bonds is 4. The second kappa shape index (κ2) is 4.80. The molecule has 0 amide bonds. The summed E-state index contributed by atoms with van der Waals surface area (Å²) in [6, 6.07) is 2.78. The second-order valence-corrected chi connectivity index (χ2v) is 3.34. The maximum atomic E-state index is 13.2. The molecule has 0 aliphatic rings. The van der Waals surface area contributed by atoms with Crippen LogP contribution >= 0.6 is 0 Å². The number of hydrogen-bond acceptors (Lipinski definition) is 2. The van der Waals surface area contributed by atoms with Crippen LogP contribution in [-0.2, 0) is 0 Å². The van der Waals surface area contributed by atoms with Crippen molar-refractivity contribution in [3.63, 3.8) is 0 Å². The van der Waals surface area contributed by atoms with Crippen LogP contribution in [0.1, 0.15) is 11.7 Å². The van der Waals surface area contributed by atoms with E-state index in [9.17, 15) is 22.7 Å². The van der Waals surface area contributed by atoms with E-state index in [1.54, 1.807) is 0 Å². The van der Waals surface area contributed by atoms with Crippen molar-refractivity contribution >= 4 is 0 Å². The van der Waals surface area contributed by atoms with Crippen molar-refractivity contribution in [1.29, 1.82) is 0 Å². The Labute approximate surface area is 89.9 Å². The molecule has 0 bridgehead atoms. The minimum atomic E-state index is -3.57. The van der Waals surface area contributed by atoms with Crippen LogP contribution in [0.2, 0.25) is 0 Å². The fourth-order valence-corrected chi connectivity index (χ4v) is 1.29. The summed E-state index contributed by atoms with van der Waals surface area (Å²) in [6.45, 7) is -0.829. The SMILES string of the molecule is CNCC(F)(F)C(O)c1cccc(F)c1F. The Hall–Kier alpha value is -1.14. The first-order valence-corrected chi connectivity index (χ1v) is 4.54. The maximum absolute atomic E-state index is 13.2. The van der Waals surface area contributed by atoms with E-state index in [1.807, 2.05) is 0 Å². The monoisotopic (exact) mass is 237 g/mol. The maximum Gasteiger partial charge on any atom is 0.289 e. The van der Waals surface area contributed by atoms with Gasteiger partial charge in [-0.05, 0) is 13.1 Å².